The number of carbonyl (C=O) groups excluding carboxylic acids is 2. The van der Waals surface area contributed by atoms with Gasteiger partial charge in [-0.2, -0.15) is 18.4 Å². The summed E-state index contributed by atoms with van der Waals surface area (Å²) in [6.45, 7) is 5.64. The molecule has 184 valence electrons. The number of halogens is 3. The molecular weight excluding hydrogens is 469 g/mol. The highest BCUT2D eigenvalue weighted by atomic mass is 19.4. The van der Waals surface area contributed by atoms with Gasteiger partial charge in [-0.1, -0.05) is 31.5 Å². The number of Topliss-reactive ketones (excluding diaryl/α,β-unsaturated/α-hetero) is 1. The first kappa shape index (κ1) is 23.7. The Kier molecular flexibility index (Phi) is 4.91. The average Bonchev–Trinajstić information content (AvgIpc) is 3.04. The van der Waals surface area contributed by atoms with Crippen molar-refractivity contribution < 1.29 is 22.8 Å². The molecule has 2 heterocycles. The maximum Gasteiger partial charge on any atom is 0.416 e. The number of anilines is 2. The third-order valence-electron chi connectivity index (χ3n) is 7.10. The van der Waals surface area contributed by atoms with E-state index in [2.05, 4.69) is 11.4 Å². The minimum absolute atomic E-state index is 0.0917. The van der Waals surface area contributed by atoms with Crippen LogP contribution >= 0.6 is 0 Å². The lowest BCUT2D eigenvalue weighted by atomic mass is 9.60. The number of amides is 1. The van der Waals surface area contributed by atoms with E-state index in [1.165, 1.54) is 17.0 Å². The largest absolute Gasteiger partial charge is 0.416 e. The lowest BCUT2D eigenvalue weighted by Crippen LogP contribution is -2.52. The lowest BCUT2D eigenvalue weighted by molar-refractivity contribution is -0.137. The van der Waals surface area contributed by atoms with E-state index in [1.807, 2.05) is 26.8 Å². The smallest absolute Gasteiger partial charge is 0.384 e. The summed E-state index contributed by atoms with van der Waals surface area (Å²) in [5.74, 6) is -0.941. The molecule has 2 aromatic carbocycles. The van der Waals surface area contributed by atoms with Crippen LogP contribution in [0.25, 0.3) is 0 Å². The van der Waals surface area contributed by atoms with Crippen molar-refractivity contribution in [2.24, 2.45) is 11.1 Å². The van der Waals surface area contributed by atoms with E-state index in [1.54, 1.807) is 12.1 Å². The topological polar surface area (TPSA) is 99.2 Å². The predicted molar refractivity (Wildman–Crippen MR) is 127 cm³/mol. The number of benzene rings is 2. The van der Waals surface area contributed by atoms with Crippen LogP contribution in [0.1, 0.15) is 43.4 Å². The number of rotatable bonds is 1. The Morgan fingerprint density at radius 2 is 1.75 bits per heavy atom. The highest BCUT2D eigenvalue weighted by molar-refractivity contribution is 6.20. The first-order chi connectivity index (χ1) is 16.8. The van der Waals surface area contributed by atoms with Crippen LogP contribution in [0.3, 0.4) is 0 Å². The SMILES string of the molecule is Cc1ccc2c(c1)[C@@]1(C(=O)N2)C(C#N)=C(N)N(c2ccc(C(F)(F)F)cc2)C2=C1C(=O)CC(C)(C)C2. The standard InChI is InChI=1S/C27H23F3N4O2/c1-14-4-9-19-17(10-14)26(24(36)33-19)18(13-31)23(32)34(16-7-5-15(6-8-16)27(28,29)30)20-11-25(2,3)12-21(35)22(20)26/h4-10H,11-12,32H2,1-3H3,(H,33,36)/t26-/m1/s1. The number of aryl methyl sites for hydroxylation is 1. The Morgan fingerprint density at radius 3 is 2.36 bits per heavy atom. The van der Waals surface area contributed by atoms with Crippen molar-refractivity contribution in [1.82, 2.24) is 0 Å². The van der Waals surface area contributed by atoms with Gasteiger partial charge >= 0.3 is 6.18 Å². The van der Waals surface area contributed by atoms with Crippen LogP contribution in [0.4, 0.5) is 24.5 Å². The van der Waals surface area contributed by atoms with Crippen molar-refractivity contribution in [1.29, 1.82) is 5.26 Å². The number of hydrogen-bond donors (Lipinski definition) is 2. The van der Waals surface area contributed by atoms with Gasteiger partial charge in [-0.15, -0.1) is 0 Å². The van der Waals surface area contributed by atoms with Gasteiger partial charge in [0, 0.05) is 34.6 Å². The molecule has 36 heavy (non-hydrogen) atoms. The summed E-state index contributed by atoms with van der Waals surface area (Å²) in [4.78, 5) is 29.0. The zero-order chi connectivity index (χ0) is 26.2. The second-order valence-electron chi connectivity index (χ2n) is 10.3. The fourth-order valence-corrected chi connectivity index (χ4v) is 5.63. The van der Waals surface area contributed by atoms with Crippen LogP contribution in [0.15, 0.2) is 65.1 Å². The predicted octanol–water partition coefficient (Wildman–Crippen LogP) is 5.06. The van der Waals surface area contributed by atoms with E-state index < -0.39 is 28.5 Å². The molecule has 2 aromatic rings. The number of ketones is 1. The Labute approximate surface area is 205 Å². The van der Waals surface area contributed by atoms with Crippen LogP contribution in [-0.4, -0.2) is 11.7 Å². The molecule has 3 aliphatic rings. The second-order valence-corrected chi connectivity index (χ2v) is 10.3. The number of nitriles is 1. The van der Waals surface area contributed by atoms with E-state index in [0.29, 0.717) is 23.4 Å². The van der Waals surface area contributed by atoms with Gasteiger partial charge in [0.05, 0.1) is 11.1 Å². The number of nitrogens with zero attached hydrogens (tertiary/aromatic N) is 2. The number of alkyl halides is 3. The molecule has 9 heteroatoms. The molecule has 1 amide bonds. The minimum Gasteiger partial charge on any atom is -0.384 e. The molecule has 0 radical (unpaired) electrons. The van der Waals surface area contributed by atoms with Crippen LogP contribution < -0.4 is 16.0 Å². The van der Waals surface area contributed by atoms with Crippen LogP contribution in [0.2, 0.25) is 0 Å². The summed E-state index contributed by atoms with van der Waals surface area (Å²) in [6.07, 6.45) is -4.06. The Balaban J connectivity index is 1.84. The Morgan fingerprint density at radius 1 is 1.08 bits per heavy atom. The molecule has 5 rings (SSSR count). The number of allylic oxidation sites excluding steroid dienone is 1. The molecule has 3 N–H and O–H groups in total. The summed E-state index contributed by atoms with van der Waals surface area (Å²) in [7, 11) is 0. The number of hydrogen-bond acceptors (Lipinski definition) is 5. The quantitative estimate of drug-likeness (QED) is 0.580. The molecule has 0 aromatic heterocycles. The first-order valence-corrected chi connectivity index (χ1v) is 11.4. The third-order valence-corrected chi connectivity index (χ3v) is 7.10. The molecule has 0 bridgehead atoms. The van der Waals surface area contributed by atoms with E-state index >= 15 is 0 Å². The van der Waals surface area contributed by atoms with Crippen molar-refractivity contribution in [2.45, 2.75) is 45.2 Å². The van der Waals surface area contributed by atoms with Crippen molar-refractivity contribution in [3.05, 3.63) is 81.8 Å². The summed E-state index contributed by atoms with van der Waals surface area (Å²) in [5.41, 5.74) is 5.99. The molecule has 0 saturated carbocycles. The summed E-state index contributed by atoms with van der Waals surface area (Å²) in [6, 6.07) is 11.7. The summed E-state index contributed by atoms with van der Waals surface area (Å²) >= 11 is 0. The fourth-order valence-electron chi connectivity index (χ4n) is 5.63. The number of carbonyl (C=O) groups is 2. The fraction of sp³-hybridized carbons (Fsp3) is 0.296. The molecule has 0 unspecified atom stereocenters. The van der Waals surface area contributed by atoms with Gasteiger partial charge in [0.1, 0.15) is 17.3 Å². The van der Waals surface area contributed by atoms with Crippen molar-refractivity contribution >= 4 is 23.1 Å². The normalized spacial score (nSPS) is 23.0. The molecule has 0 saturated heterocycles. The number of fused-ring (bicyclic) bond motifs is 3. The number of nitrogens with one attached hydrogen (secondary N) is 1. The van der Waals surface area contributed by atoms with Gasteiger partial charge in [0.2, 0.25) is 5.91 Å². The molecule has 1 atom stereocenters. The van der Waals surface area contributed by atoms with Gasteiger partial charge in [0.15, 0.2) is 5.78 Å². The monoisotopic (exact) mass is 492 g/mol. The third kappa shape index (κ3) is 3.17. The van der Waals surface area contributed by atoms with Crippen LogP contribution in [-0.2, 0) is 21.2 Å². The Hall–Kier alpha value is -4.06. The Bertz CT molecular complexity index is 1440. The van der Waals surface area contributed by atoms with Crippen molar-refractivity contribution in [3.8, 4) is 6.07 Å². The van der Waals surface area contributed by atoms with Gasteiger partial charge in [-0.05, 0) is 49.1 Å². The maximum absolute atomic E-state index is 13.8. The van der Waals surface area contributed by atoms with Crippen LogP contribution in [0.5, 0.6) is 0 Å². The molecular formula is C27H23F3N4O2. The lowest BCUT2D eigenvalue weighted by Gasteiger charge is -2.46. The van der Waals surface area contributed by atoms with E-state index in [-0.39, 0.29) is 34.9 Å². The molecule has 0 fully saturated rings. The summed E-state index contributed by atoms with van der Waals surface area (Å²) in [5, 5.41) is 13.1. The van der Waals surface area contributed by atoms with Gasteiger partial charge in [0.25, 0.3) is 0 Å². The van der Waals surface area contributed by atoms with Gasteiger partial charge in [-0.3, -0.25) is 14.5 Å². The van der Waals surface area contributed by atoms with E-state index in [4.69, 9.17) is 5.73 Å². The molecule has 2 aliphatic heterocycles. The van der Waals surface area contributed by atoms with Crippen molar-refractivity contribution in [2.75, 3.05) is 10.2 Å². The zero-order valence-electron chi connectivity index (χ0n) is 19.9. The molecule has 1 spiro atoms. The first-order valence-electron chi connectivity index (χ1n) is 11.4. The van der Waals surface area contributed by atoms with Gasteiger partial charge < -0.3 is 11.1 Å². The second kappa shape index (κ2) is 7.47. The highest BCUT2D eigenvalue weighted by Crippen LogP contribution is 2.57. The minimum atomic E-state index is -4.53. The molecule has 1 aliphatic carbocycles. The van der Waals surface area contributed by atoms with E-state index in [0.717, 1.165) is 17.7 Å². The van der Waals surface area contributed by atoms with Crippen molar-refractivity contribution in [3.63, 3.8) is 0 Å². The maximum atomic E-state index is 13.8. The van der Waals surface area contributed by atoms with Crippen LogP contribution in [0, 0.1) is 23.7 Å². The zero-order valence-corrected chi connectivity index (χ0v) is 19.9. The number of nitrogens with two attached hydrogens (primary N) is 1. The average molecular weight is 493 g/mol. The van der Waals surface area contributed by atoms with Gasteiger partial charge in [-0.25, -0.2) is 0 Å². The molecule has 6 nitrogen and oxygen atoms in total. The van der Waals surface area contributed by atoms with E-state index in [9.17, 15) is 28.0 Å². The summed E-state index contributed by atoms with van der Waals surface area (Å²) < 4.78 is 39.6. The highest BCUT2D eigenvalue weighted by Gasteiger charge is 2.61.